The van der Waals surface area contributed by atoms with Crippen molar-refractivity contribution in [3.63, 3.8) is 0 Å². The van der Waals surface area contributed by atoms with Crippen LogP contribution in [0.15, 0.2) is 60.7 Å². The third-order valence-electron chi connectivity index (χ3n) is 5.47. The van der Waals surface area contributed by atoms with Crippen LogP contribution >= 0.6 is 12.2 Å². The first-order chi connectivity index (χ1) is 15.4. The lowest BCUT2D eigenvalue weighted by Crippen LogP contribution is -2.20. The molecule has 0 amide bonds. The van der Waals surface area contributed by atoms with Gasteiger partial charge in [0.1, 0.15) is 0 Å². The highest BCUT2D eigenvalue weighted by Gasteiger charge is 2.14. The summed E-state index contributed by atoms with van der Waals surface area (Å²) in [5.74, 6) is 0.721. The van der Waals surface area contributed by atoms with Crippen molar-refractivity contribution in [2.75, 3.05) is 10.6 Å². The van der Waals surface area contributed by atoms with Crippen LogP contribution in [-0.4, -0.2) is 24.7 Å². The van der Waals surface area contributed by atoms with Crippen molar-refractivity contribution in [3.05, 3.63) is 94.4 Å². The monoisotopic (exact) mass is 444 g/mol. The quantitative estimate of drug-likeness (QED) is 0.399. The van der Waals surface area contributed by atoms with Crippen molar-refractivity contribution in [1.29, 1.82) is 0 Å². The van der Waals surface area contributed by atoms with Crippen LogP contribution in [0.2, 0.25) is 0 Å². The zero-order valence-electron chi connectivity index (χ0n) is 18.9. The Hall–Kier alpha value is -3.45. The Morgan fingerprint density at radius 3 is 2.19 bits per heavy atom. The number of nitrogens with one attached hydrogen (secondary N) is 2. The number of hydrogen-bond donors (Lipinski definition) is 2. The number of aryl methyl sites for hydroxylation is 3. The number of rotatable bonds is 6. The average molecular weight is 445 g/mol. The number of hydrogen-bond acceptors (Lipinski definition) is 3. The molecule has 0 aliphatic heterocycles. The summed E-state index contributed by atoms with van der Waals surface area (Å²) >= 11 is 5.56. The van der Waals surface area contributed by atoms with Crippen molar-refractivity contribution >= 4 is 28.8 Å². The van der Waals surface area contributed by atoms with Gasteiger partial charge in [-0.1, -0.05) is 60.2 Å². The van der Waals surface area contributed by atoms with E-state index in [1.807, 2.05) is 47.5 Å². The van der Waals surface area contributed by atoms with Gasteiger partial charge in [-0.2, -0.15) is 10.2 Å². The van der Waals surface area contributed by atoms with Crippen molar-refractivity contribution in [2.45, 2.75) is 40.8 Å². The fraction of sp³-hybridized carbons (Fsp3) is 0.240. The molecule has 2 heterocycles. The van der Waals surface area contributed by atoms with Gasteiger partial charge in [-0.15, -0.1) is 0 Å². The van der Waals surface area contributed by atoms with Gasteiger partial charge in [0, 0.05) is 11.8 Å². The Morgan fingerprint density at radius 2 is 1.47 bits per heavy atom. The zero-order chi connectivity index (χ0) is 22.7. The molecule has 164 valence electrons. The van der Waals surface area contributed by atoms with Crippen LogP contribution < -0.4 is 10.6 Å². The molecule has 0 radical (unpaired) electrons. The summed E-state index contributed by atoms with van der Waals surface area (Å²) in [6, 6.07) is 20.8. The maximum Gasteiger partial charge on any atom is 0.176 e. The van der Waals surface area contributed by atoms with E-state index in [2.05, 4.69) is 66.0 Å². The van der Waals surface area contributed by atoms with E-state index in [1.54, 1.807) is 0 Å². The highest BCUT2D eigenvalue weighted by Crippen LogP contribution is 2.21. The van der Waals surface area contributed by atoms with Crippen LogP contribution in [0.3, 0.4) is 0 Å². The second kappa shape index (κ2) is 9.36. The van der Waals surface area contributed by atoms with E-state index in [4.69, 9.17) is 17.3 Å². The summed E-state index contributed by atoms with van der Waals surface area (Å²) in [5.41, 5.74) is 7.61. The number of aromatic nitrogens is 4. The average Bonchev–Trinajstić information content (AvgIpc) is 3.23. The van der Waals surface area contributed by atoms with Gasteiger partial charge >= 0.3 is 0 Å². The van der Waals surface area contributed by atoms with Gasteiger partial charge in [-0.3, -0.25) is 9.36 Å². The largest absolute Gasteiger partial charge is 0.329 e. The van der Waals surface area contributed by atoms with Crippen molar-refractivity contribution in [1.82, 2.24) is 19.6 Å². The maximum absolute atomic E-state index is 5.56. The number of nitrogens with zero attached hydrogens (tertiary/aromatic N) is 4. The van der Waals surface area contributed by atoms with Crippen molar-refractivity contribution < 1.29 is 0 Å². The van der Waals surface area contributed by atoms with Crippen LogP contribution in [0.1, 0.15) is 33.8 Å². The summed E-state index contributed by atoms with van der Waals surface area (Å²) in [7, 11) is 0. The normalized spacial score (nSPS) is 10.9. The van der Waals surface area contributed by atoms with E-state index in [0.29, 0.717) is 5.11 Å². The highest BCUT2D eigenvalue weighted by molar-refractivity contribution is 7.80. The third kappa shape index (κ3) is 5.06. The van der Waals surface area contributed by atoms with Gasteiger partial charge in [-0.05, 0) is 51.0 Å². The molecular formula is C25H28N6S. The van der Waals surface area contributed by atoms with Crippen molar-refractivity contribution in [2.24, 2.45) is 0 Å². The molecule has 7 heteroatoms. The lowest BCUT2D eigenvalue weighted by atomic mass is 10.1. The lowest BCUT2D eigenvalue weighted by Gasteiger charge is -2.10. The summed E-state index contributed by atoms with van der Waals surface area (Å²) in [6.07, 6.45) is 0. The molecule has 0 unspecified atom stereocenters. The molecule has 0 atom stereocenters. The fourth-order valence-electron chi connectivity index (χ4n) is 3.65. The molecule has 0 saturated heterocycles. The first-order valence-corrected chi connectivity index (χ1v) is 11.1. The first-order valence-electron chi connectivity index (χ1n) is 10.6. The molecule has 0 spiro atoms. The smallest absolute Gasteiger partial charge is 0.176 e. The van der Waals surface area contributed by atoms with E-state index < -0.39 is 0 Å². The summed E-state index contributed by atoms with van der Waals surface area (Å²) in [6.45, 7) is 9.62. The molecule has 2 N–H and O–H groups in total. The predicted octanol–water partition coefficient (Wildman–Crippen LogP) is 5.22. The molecule has 4 aromatic rings. The van der Waals surface area contributed by atoms with Gasteiger partial charge in [0.25, 0.3) is 0 Å². The minimum absolute atomic E-state index is 0.496. The SMILES string of the molecule is Cc1ccc(Cn2nc(C)c(NC(=S)Nc3cc(C)n(Cc4ccccc4)n3)c2C)cc1. The summed E-state index contributed by atoms with van der Waals surface area (Å²) < 4.78 is 3.97. The number of thiocarbonyl (C=S) groups is 1. The Bertz CT molecular complexity index is 1220. The van der Waals surface area contributed by atoms with E-state index in [1.165, 1.54) is 16.7 Å². The van der Waals surface area contributed by atoms with Gasteiger partial charge in [0.15, 0.2) is 10.9 Å². The Balaban J connectivity index is 1.43. The molecule has 2 aromatic heterocycles. The first kappa shape index (κ1) is 21.8. The van der Waals surface area contributed by atoms with E-state index in [9.17, 15) is 0 Å². The van der Waals surface area contributed by atoms with E-state index in [0.717, 1.165) is 41.7 Å². The molecule has 2 aromatic carbocycles. The lowest BCUT2D eigenvalue weighted by molar-refractivity contribution is 0.659. The maximum atomic E-state index is 5.56. The molecule has 0 saturated carbocycles. The second-order valence-corrected chi connectivity index (χ2v) is 8.49. The van der Waals surface area contributed by atoms with Gasteiger partial charge in [0.05, 0.1) is 30.2 Å². The predicted molar refractivity (Wildman–Crippen MR) is 134 cm³/mol. The molecular weight excluding hydrogens is 416 g/mol. The van der Waals surface area contributed by atoms with Gasteiger partial charge < -0.3 is 10.6 Å². The Morgan fingerprint density at radius 1 is 0.812 bits per heavy atom. The molecule has 0 aliphatic carbocycles. The van der Waals surface area contributed by atoms with E-state index >= 15 is 0 Å². The summed E-state index contributed by atoms with van der Waals surface area (Å²) in [5, 5.41) is 16.4. The van der Waals surface area contributed by atoms with Gasteiger partial charge in [0.2, 0.25) is 0 Å². The second-order valence-electron chi connectivity index (χ2n) is 8.08. The van der Waals surface area contributed by atoms with Crippen LogP contribution in [0.25, 0.3) is 0 Å². The highest BCUT2D eigenvalue weighted by atomic mass is 32.1. The molecule has 32 heavy (non-hydrogen) atoms. The topological polar surface area (TPSA) is 59.7 Å². The number of benzene rings is 2. The van der Waals surface area contributed by atoms with Crippen LogP contribution in [0.5, 0.6) is 0 Å². The number of anilines is 2. The Kier molecular flexibility index (Phi) is 6.37. The summed E-state index contributed by atoms with van der Waals surface area (Å²) in [4.78, 5) is 0. The standard InChI is InChI=1S/C25H28N6S/c1-17-10-12-22(13-11-17)16-31-20(4)24(19(3)28-31)27-25(32)26-23-14-18(2)30(29-23)15-21-8-6-5-7-9-21/h5-14H,15-16H2,1-4H3,(H2,26,27,29,32). The van der Waals surface area contributed by atoms with Crippen LogP contribution in [-0.2, 0) is 13.1 Å². The molecule has 4 rings (SSSR count). The molecule has 6 nitrogen and oxygen atoms in total. The van der Waals surface area contributed by atoms with E-state index in [-0.39, 0.29) is 0 Å². The third-order valence-corrected chi connectivity index (χ3v) is 5.68. The Labute approximate surface area is 194 Å². The molecule has 0 aliphatic rings. The van der Waals surface area contributed by atoms with Gasteiger partial charge in [-0.25, -0.2) is 0 Å². The van der Waals surface area contributed by atoms with Crippen molar-refractivity contribution in [3.8, 4) is 0 Å². The fourth-order valence-corrected chi connectivity index (χ4v) is 3.85. The molecule has 0 fully saturated rings. The van der Waals surface area contributed by atoms with Crippen LogP contribution in [0.4, 0.5) is 11.5 Å². The zero-order valence-corrected chi connectivity index (χ0v) is 19.7. The van der Waals surface area contributed by atoms with Crippen LogP contribution in [0, 0.1) is 27.7 Å². The molecule has 0 bridgehead atoms. The minimum Gasteiger partial charge on any atom is -0.329 e. The minimum atomic E-state index is 0.496.